The van der Waals surface area contributed by atoms with Crippen molar-refractivity contribution >= 4 is 5.71 Å². The maximum Gasteiger partial charge on any atom is 0.573 e. The van der Waals surface area contributed by atoms with Gasteiger partial charge in [-0.2, -0.15) is 9.36 Å². The van der Waals surface area contributed by atoms with Crippen molar-refractivity contribution in [3.63, 3.8) is 0 Å². The average molecular weight is 449 g/mol. The Hall–Kier alpha value is -3.63. The second-order valence-electron chi connectivity index (χ2n) is 6.81. The van der Waals surface area contributed by atoms with Gasteiger partial charge in [0.15, 0.2) is 0 Å². The summed E-state index contributed by atoms with van der Waals surface area (Å²) in [6.07, 6.45) is -3.68. The van der Waals surface area contributed by atoms with Crippen LogP contribution in [0.25, 0.3) is 5.69 Å². The van der Waals surface area contributed by atoms with Gasteiger partial charge in [-0.15, -0.1) is 13.2 Å². The van der Waals surface area contributed by atoms with E-state index in [0.717, 1.165) is 10.2 Å². The van der Waals surface area contributed by atoms with Gasteiger partial charge in [-0.25, -0.2) is 4.79 Å². The van der Waals surface area contributed by atoms with E-state index >= 15 is 0 Å². The summed E-state index contributed by atoms with van der Waals surface area (Å²) in [5.41, 5.74) is 2.67. The van der Waals surface area contributed by atoms with Gasteiger partial charge in [-0.3, -0.25) is 0 Å². The van der Waals surface area contributed by atoms with Gasteiger partial charge in [0.1, 0.15) is 12.4 Å². The minimum absolute atomic E-state index is 0.0323. The highest BCUT2D eigenvalue weighted by Gasteiger charge is 2.31. The molecule has 1 aromatic heterocycles. The van der Waals surface area contributed by atoms with Gasteiger partial charge < -0.3 is 9.57 Å². The van der Waals surface area contributed by atoms with Gasteiger partial charge in [0.05, 0.1) is 11.4 Å². The van der Waals surface area contributed by atoms with Crippen LogP contribution in [0, 0.1) is 0 Å². The lowest BCUT2D eigenvalue weighted by molar-refractivity contribution is -0.274. The SMILES string of the molecule is CCC(=NOCc1c(CC)cccc1-n1nnn(C)c1=O)c1cccc(OC(F)(F)F)c1. The highest BCUT2D eigenvalue weighted by molar-refractivity contribution is 6.00. The predicted molar refractivity (Wildman–Crippen MR) is 111 cm³/mol. The van der Waals surface area contributed by atoms with E-state index in [1.54, 1.807) is 12.1 Å². The number of hydrogen-bond acceptors (Lipinski definition) is 6. The molecular weight excluding hydrogens is 427 g/mol. The summed E-state index contributed by atoms with van der Waals surface area (Å²) in [4.78, 5) is 17.9. The van der Waals surface area contributed by atoms with E-state index in [4.69, 9.17) is 4.84 Å². The van der Waals surface area contributed by atoms with E-state index in [1.165, 1.54) is 29.9 Å². The molecule has 0 atom stereocenters. The van der Waals surface area contributed by atoms with Gasteiger partial charge in [-0.1, -0.05) is 43.3 Å². The molecule has 8 nitrogen and oxygen atoms in total. The summed E-state index contributed by atoms with van der Waals surface area (Å²) < 4.78 is 43.8. The number of aromatic nitrogens is 4. The molecule has 0 saturated carbocycles. The van der Waals surface area contributed by atoms with Gasteiger partial charge in [-0.05, 0) is 47.0 Å². The van der Waals surface area contributed by atoms with Crippen LogP contribution < -0.4 is 10.4 Å². The van der Waals surface area contributed by atoms with Gasteiger partial charge >= 0.3 is 12.1 Å². The lowest BCUT2D eigenvalue weighted by atomic mass is 10.0. The minimum atomic E-state index is -4.78. The Morgan fingerprint density at radius 3 is 2.50 bits per heavy atom. The molecule has 0 unspecified atom stereocenters. The smallest absolute Gasteiger partial charge is 0.406 e. The van der Waals surface area contributed by atoms with Crippen LogP contribution in [0.3, 0.4) is 0 Å². The molecule has 3 aromatic rings. The van der Waals surface area contributed by atoms with Crippen LogP contribution in [0.2, 0.25) is 0 Å². The van der Waals surface area contributed by atoms with E-state index in [2.05, 4.69) is 20.3 Å². The molecule has 3 rings (SSSR count). The Labute approximate surface area is 181 Å². The molecular formula is C21H22F3N5O3. The number of alkyl halides is 3. The second kappa shape index (κ2) is 9.67. The summed E-state index contributed by atoms with van der Waals surface area (Å²) >= 11 is 0. The topological polar surface area (TPSA) is 83.5 Å². The number of nitrogens with zero attached hydrogens (tertiary/aromatic N) is 5. The summed E-state index contributed by atoms with van der Waals surface area (Å²) in [6.45, 7) is 3.81. The monoisotopic (exact) mass is 449 g/mol. The van der Waals surface area contributed by atoms with E-state index in [9.17, 15) is 18.0 Å². The Morgan fingerprint density at radius 2 is 1.88 bits per heavy atom. The van der Waals surface area contributed by atoms with Gasteiger partial charge in [0, 0.05) is 18.2 Å². The lowest BCUT2D eigenvalue weighted by Crippen LogP contribution is -2.23. The van der Waals surface area contributed by atoms with Crippen LogP contribution in [0.4, 0.5) is 13.2 Å². The molecule has 11 heteroatoms. The van der Waals surface area contributed by atoms with Crippen molar-refractivity contribution in [2.45, 2.75) is 39.7 Å². The first kappa shape index (κ1) is 23.0. The normalized spacial score (nSPS) is 12.1. The summed E-state index contributed by atoms with van der Waals surface area (Å²) in [5.74, 6) is -0.336. The molecule has 32 heavy (non-hydrogen) atoms. The van der Waals surface area contributed by atoms with Gasteiger partial charge in [0.25, 0.3) is 0 Å². The summed E-state index contributed by atoms with van der Waals surface area (Å²) in [5, 5.41) is 11.8. The lowest BCUT2D eigenvalue weighted by Gasteiger charge is -2.13. The molecule has 0 aliphatic rings. The molecule has 0 aliphatic heterocycles. The molecule has 0 fully saturated rings. The zero-order chi connectivity index (χ0) is 23.3. The van der Waals surface area contributed by atoms with Crippen molar-refractivity contribution < 1.29 is 22.7 Å². The number of ether oxygens (including phenoxy) is 1. The van der Waals surface area contributed by atoms with E-state index in [1.807, 2.05) is 26.0 Å². The zero-order valence-corrected chi connectivity index (χ0v) is 17.8. The Kier molecular flexibility index (Phi) is 6.96. The maximum absolute atomic E-state index is 12.5. The number of tetrazole rings is 1. The molecule has 2 aromatic carbocycles. The quantitative estimate of drug-likeness (QED) is 0.386. The molecule has 0 radical (unpaired) electrons. The number of rotatable bonds is 8. The maximum atomic E-state index is 12.5. The van der Waals surface area contributed by atoms with Crippen molar-refractivity contribution in [2.24, 2.45) is 12.2 Å². The van der Waals surface area contributed by atoms with Crippen LogP contribution >= 0.6 is 0 Å². The summed E-state index contributed by atoms with van der Waals surface area (Å²) in [7, 11) is 1.50. The van der Waals surface area contributed by atoms with Gasteiger partial charge in [0.2, 0.25) is 0 Å². The summed E-state index contributed by atoms with van der Waals surface area (Å²) in [6, 6.07) is 11.0. The number of hydrogen-bond donors (Lipinski definition) is 0. The number of aryl methyl sites for hydroxylation is 2. The van der Waals surface area contributed by atoms with Crippen LogP contribution in [-0.2, 0) is 24.9 Å². The van der Waals surface area contributed by atoms with Crippen molar-refractivity contribution in [3.05, 3.63) is 69.6 Å². The number of halogens is 3. The number of oxime groups is 1. The van der Waals surface area contributed by atoms with E-state index in [-0.39, 0.29) is 12.4 Å². The van der Waals surface area contributed by atoms with Crippen LogP contribution in [0.15, 0.2) is 52.4 Å². The zero-order valence-electron chi connectivity index (χ0n) is 17.8. The number of benzene rings is 2. The molecule has 170 valence electrons. The fraction of sp³-hybridized carbons (Fsp3) is 0.333. The van der Waals surface area contributed by atoms with Crippen molar-refractivity contribution in [1.82, 2.24) is 19.8 Å². The van der Waals surface area contributed by atoms with Crippen LogP contribution in [0.1, 0.15) is 37.0 Å². The molecule has 0 bridgehead atoms. The molecule has 0 spiro atoms. The molecule has 0 N–H and O–H groups in total. The Balaban J connectivity index is 1.87. The van der Waals surface area contributed by atoms with E-state index in [0.29, 0.717) is 35.4 Å². The second-order valence-corrected chi connectivity index (χ2v) is 6.81. The van der Waals surface area contributed by atoms with E-state index < -0.39 is 12.1 Å². The molecule has 1 heterocycles. The third kappa shape index (κ3) is 5.34. The first-order valence-corrected chi connectivity index (χ1v) is 9.88. The molecule has 0 aliphatic carbocycles. The first-order valence-electron chi connectivity index (χ1n) is 9.88. The largest absolute Gasteiger partial charge is 0.573 e. The van der Waals surface area contributed by atoms with Crippen LogP contribution in [-0.4, -0.2) is 31.9 Å². The molecule has 0 amide bonds. The third-order valence-corrected chi connectivity index (χ3v) is 4.70. The Bertz CT molecular complexity index is 1170. The predicted octanol–water partition coefficient (Wildman–Crippen LogP) is 3.76. The van der Waals surface area contributed by atoms with Crippen molar-refractivity contribution in [1.29, 1.82) is 0 Å². The fourth-order valence-corrected chi connectivity index (χ4v) is 3.15. The molecule has 0 saturated heterocycles. The van der Waals surface area contributed by atoms with Crippen molar-refractivity contribution in [2.75, 3.05) is 0 Å². The van der Waals surface area contributed by atoms with Crippen LogP contribution in [0.5, 0.6) is 5.75 Å². The minimum Gasteiger partial charge on any atom is -0.406 e. The first-order chi connectivity index (χ1) is 15.2. The standard InChI is InChI=1S/C21H22F3N5O3/c1-4-14-8-7-11-19(29-20(30)28(3)26-27-29)17(14)13-31-25-18(5-2)15-9-6-10-16(12-15)32-21(22,23)24/h6-12H,4-5,13H2,1-3H3. The van der Waals surface area contributed by atoms with Crippen molar-refractivity contribution in [3.8, 4) is 11.4 Å². The Morgan fingerprint density at radius 1 is 1.12 bits per heavy atom. The third-order valence-electron chi connectivity index (χ3n) is 4.70. The average Bonchev–Trinajstić information content (AvgIpc) is 3.08. The highest BCUT2D eigenvalue weighted by Crippen LogP contribution is 2.24. The fourth-order valence-electron chi connectivity index (χ4n) is 3.15. The highest BCUT2D eigenvalue weighted by atomic mass is 19.4.